The van der Waals surface area contributed by atoms with E-state index in [9.17, 15) is 4.79 Å². The zero-order chi connectivity index (χ0) is 16.4. The molecule has 23 heavy (non-hydrogen) atoms. The lowest BCUT2D eigenvalue weighted by Crippen LogP contribution is -2.56. The molecule has 6 nitrogen and oxygen atoms in total. The summed E-state index contributed by atoms with van der Waals surface area (Å²) < 4.78 is 17.1. The monoisotopic (exact) mass is 326 g/mol. The van der Waals surface area contributed by atoms with Crippen molar-refractivity contribution in [3.05, 3.63) is 0 Å². The predicted molar refractivity (Wildman–Crippen MR) is 86.0 cm³/mol. The van der Waals surface area contributed by atoms with Gasteiger partial charge in [0.1, 0.15) is 0 Å². The van der Waals surface area contributed by atoms with Crippen LogP contribution in [0.4, 0.5) is 0 Å². The Balaban J connectivity index is 1.57. The molecule has 0 aromatic rings. The molecule has 0 saturated carbocycles. The number of nitrogens with zero attached hydrogens (tertiary/aromatic N) is 2. The van der Waals surface area contributed by atoms with E-state index in [0.29, 0.717) is 32.2 Å². The van der Waals surface area contributed by atoms with Gasteiger partial charge in [-0.1, -0.05) is 0 Å². The molecule has 4 unspecified atom stereocenters. The van der Waals surface area contributed by atoms with E-state index < -0.39 is 0 Å². The van der Waals surface area contributed by atoms with Crippen LogP contribution in [0.3, 0.4) is 0 Å². The summed E-state index contributed by atoms with van der Waals surface area (Å²) in [4.78, 5) is 17.1. The average molecular weight is 326 g/mol. The van der Waals surface area contributed by atoms with E-state index in [1.54, 1.807) is 0 Å². The number of ether oxygens (including phenoxy) is 3. The maximum Gasteiger partial charge on any atom is 0.239 e. The van der Waals surface area contributed by atoms with Crippen LogP contribution in [0.25, 0.3) is 0 Å². The first-order valence-electron chi connectivity index (χ1n) is 8.96. The number of piperidine rings is 1. The van der Waals surface area contributed by atoms with Crippen LogP contribution in [0.5, 0.6) is 0 Å². The molecule has 3 rings (SSSR count). The quantitative estimate of drug-likeness (QED) is 0.777. The summed E-state index contributed by atoms with van der Waals surface area (Å²) in [6.07, 6.45) is 2.37. The molecule has 3 fully saturated rings. The Morgan fingerprint density at radius 3 is 2.39 bits per heavy atom. The lowest BCUT2D eigenvalue weighted by Gasteiger charge is -2.41. The topological polar surface area (TPSA) is 51.2 Å². The van der Waals surface area contributed by atoms with Crippen molar-refractivity contribution in [2.45, 2.75) is 58.2 Å². The first-order chi connectivity index (χ1) is 11.0. The fourth-order valence-corrected chi connectivity index (χ4v) is 4.04. The van der Waals surface area contributed by atoms with Gasteiger partial charge >= 0.3 is 0 Å². The van der Waals surface area contributed by atoms with Gasteiger partial charge in [-0.05, 0) is 40.2 Å². The lowest BCUT2D eigenvalue weighted by molar-refractivity contribution is -0.151. The SMILES string of the molecule is CC1CN(C(=O)C(C)N2CCCC(C3OCCO3)C2)CC(C)O1. The fraction of sp³-hybridized carbons (Fsp3) is 0.941. The molecule has 3 saturated heterocycles. The number of hydrogen-bond donors (Lipinski definition) is 0. The smallest absolute Gasteiger partial charge is 0.239 e. The highest BCUT2D eigenvalue weighted by atomic mass is 16.7. The van der Waals surface area contributed by atoms with E-state index in [2.05, 4.69) is 4.90 Å². The van der Waals surface area contributed by atoms with Gasteiger partial charge in [0, 0.05) is 25.6 Å². The highest BCUT2D eigenvalue weighted by molar-refractivity contribution is 5.81. The Labute approximate surface area is 139 Å². The van der Waals surface area contributed by atoms with E-state index in [1.165, 1.54) is 0 Å². The van der Waals surface area contributed by atoms with Gasteiger partial charge in [0.15, 0.2) is 6.29 Å². The molecule has 0 bridgehead atoms. The van der Waals surface area contributed by atoms with Gasteiger partial charge in [-0.25, -0.2) is 0 Å². The molecule has 6 heteroatoms. The third-order valence-corrected chi connectivity index (χ3v) is 5.16. The maximum atomic E-state index is 12.9. The molecule has 1 amide bonds. The van der Waals surface area contributed by atoms with E-state index in [-0.39, 0.29) is 30.4 Å². The van der Waals surface area contributed by atoms with Crippen molar-refractivity contribution >= 4 is 5.91 Å². The normalized spacial score (nSPS) is 35.4. The minimum absolute atomic E-state index is 0.0801. The van der Waals surface area contributed by atoms with E-state index in [4.69, 9.17) is 14.2 Å². The number of likely N-dealkylation sites (tertiary alicyclic amines) is 1. The molecule has 132 valence electrons. The molecular formula is C17H30N2O4. The third-order valence-electron chi connectivity index (χ3n) is 5.16. The minimum atomic E-state index is -0.0864. The maximum absolute atomic E-state index is 12.9. The predicted octanol–water partition coefficient (Wildman–Crippen LogP) is 1.10. The Morgan fingerprint density at radius 2 is 1.74 bits per heavy atom. The van der Waals surface area contributed by atoms with Gasteiger partial charge in [-0.3, -0.25) is 9.69 Å². The van der Waals surface area contributed by atoms with Crippen molar-refractivity contribution in [3.8, 4) is 0 Å². The van der Waals surface area contributed by atoms with Crippen LogP contribution in [0.1, 0.15) is 33.6 Å². The Kier molecular flexibility index (Phi) is 5.57. The Hall–Kier alpha value is -0.690. The summed E-state index contributed by atoms with van der Waals surface area (Å²) in [6.45, 7) is 10.7. The molecule has 3 aliphatic rings. The number of morpholine rings is 1. The summed E-state index contributed by atoms with van der Waals surface area (Å²) in [7, 11) is 0. The third kappa shape index (κ3) is 4.05. The van der Waals surface area contributed by atoms with Gasteiger partial charge < -0.3 is 19.1 Å². The molecule has 4 atom stereocenters. The van der Waals surface area contributed by atoms with Crippen molar-refractivity contribution in [1.29, 1.82) is 0 Å². The number of carbonyl (C=O) groups excluding carboxylic acids is 1. The lowest BCUT2D eigenvalue weighted by atomic mass is 9.96. The second-order valence-corrected chi connectivity index (χ2v) is 7.18. The number of rotatable bonds is 3. The van der Waals surface area contributed by atoms with Crippen molar-refractivity contribution in [2.75, 3.05) is 39.4 Å². The molecule has 0 aromatic carbocycles. The van der Waals surface area contributed by atoms with Crippen LogP contribution in [0.2, 0.25) is 0 Å². The van der Waals surface area contributed by atoms with Gasteiger partial charge in [0.05, 0.1) is 31.5 Å². The van der Waals surface area contributed by atoms with Crippen LogP contribution in [-0.2, 0) is 19.0 Å². The molecule has 3 heterocycles. The van der Waals surface area contributed by atoms with Gasteiger partial charge in [-0.15, -0.1) is 0 Å². The molecule has 0 aromatic heterocycles. The van der Waals surface area contributed by atoms with Crippen molar-refractivity contribution in [2.24, 2.45) is 5.92 Å². The summed E-state index contributed by atoms with van der Waals surface area (Å²) in [5.41, 5.74) is 0. The minimum Gasteiger partial charge on any atom is -0.372 e. The zero-order valence-corrected chi connectivity index (χ0v) is 14.6. The highest BCUT2D eigenvalue weighted by Crippen LogP contribution is 2.26. The summed E-state index contributed by atoms with van der Waals surface area (Å²) >= 11 is 0. The molecule has 0 radical (unpaired) electrons. The standard InChI is InChI=1S/C17H30N2O4/c1-12-9-19(10-13(2)23-12)16(20)14(3)18-6-4-5-15(11-18)17-21-7-8-22-17/h12-15,17H,4-11H2,1-3H3. The number of hydrogen-bond acceptors (Lipinski definition) is 5. The molecule has 3 aliphatic heterocycles. The number of carbonyl (C=O) groups is 1. The largest absolute Gasteiger partial charge is 0.372 e. The molecule has 0 spiro atoms. The van der Waals surface area contributed by atoms with Crippen molar-refractivity contribution < 1.29 is 19.0 Å². The fourth-order valence-electron chi connectivity index (χ4n) is 4.04. The van der Waals surface area contributed by atoms with Crippen LogP contribution < -0.4 is 0 Å². The van der Waals surface area contributed by atoms with E-state index in [0.717, 1.165) is 25.9 Å². The van der Waals surface area contributed by atoms with Crippen LogP contribution in [-0.4, -0.2) is 79.6 Å². The van der Waals surface area contributed by atoms with Gasteiger partial charge in [-0.2, -0.15) is 0 Å². The first-order valence-corrected chi connectivity index (χ1v) is 8.96. The second-order valence-electron chi connectivity index (χ2n) is 7.18. The summed E-state index contributed by atoms with van der Waals surface area (Å²) in [5, 5.41) is 0. The Bertz CT molecular complexity index is 403. The second kappa shape index (κ2) is 7.47. The summed E-state index contributed by atoms with van der Waals surface area (Å²) in [5.74, 6) is 0.602. The zero-order valence-electron chi connectivity index (χ0n) is 14.6. The molecular weight excluding hydrogens is 296 g/mol. The molecule has 0 aliphatic carbocycles. The van der Waals surface area contributed by atoms with Crippen LogP contribution in [0.15, 0.2) is 0 Å². The van der Waals surface area contributed by atoms with Gasteiger partial charge in [0.25, 0.3) is 0 Å². The van der Waals surface area contributed by atoms with Gasteiger partial charge in [0.2, 0.25) is 5.91 Å². The van der Waals surface area contributed by atoms with Crippen LogP contribution >= 0.6 is 0 Å². The van der Waals surface area contributed by atoms with Crippen LogP contribution in [0, 0.1) is 5.92 Å². The first kappa shape index (κ1) is 17.1. The van der Waals surface area contributed by atoms with E-state index in [1.807, 2.05) is 25.7 Å². The number of amides is 1. The molecule has 0 N–H and O–H groups in total. The average Bonchev–Trinajstić information content (AvgIpc) is 3.07. The Morgan fingerprint density at radius 1 is 1.09 bits per heavy atom. The summed E-state index contributed by atoms with van der Waals surface area (Å²) in [6, 6.07) is -0.0864. The highest BCUT2D eigenvalue weighted by Gasteiger charge is 2.36. The van der Waals surface area contributed by atoms with Crippen molar-refractivity contribution in [3.63, 3.8) is 0 Å². The van der Waals surface area contributed by atoms with Crippen molar-refractivity contribution in [1.82, 2.24) is 9.80 Å². The van der Waals surface area contributed by atoms with E-state index >= 15 is 0 Å².